The lowest BCUT2D eigenvalue weighted by Crippen LogP contribution is -2.47. The van der Waals surface area contributed by atoms with Crippen molar-refractivity contribution in [1.82, 2.24) is 15.2 Å². The number of amides is 2. The molecule has 1 aliphatic heterocycles. The quantitative estimate of drug-likeness (QED) is 0.510. The molecule has 206 valence electrons. The van der Waals surface area contributed by atoms with Crippen LogP contribution in [0.2, 0.25) is 5.15 Å². The Morgan fingerprint density at radius 3 is 2.41 bits per heavy atom. The van der Waals surface area contributed by atoms with E-state index in [1.165, 1.54) is 18.3 Å². The van der Waals surface area contributed by atoms with Gasteiger partial charge in [-0.25, -0.2) is 18.2 Å². The molecule has 2 aromatic rings. The molecular formula is C25H22ClF3N4O5S. The van der Waals surface area contributed by atoms with Crippen LogP contribution in [-0.2, 0) is 31.0 Å². The maximum Gasteiger partial charge on any atom is 0.417 e. The number of nitriles is 1. The lowest BCUT2D eigenvalue weighted by Gasteiger charge is -2.29. The van der Waals surface area contributed by atoms with Crippen LogP contribution in [0.3, 0.4) is 0 Å². The number of ether oxygens (including phenoxy) is 1. The Labute approximate surface area is 226 Å². The first-order valence-electron chi connectivity index (χ1n) is 12.0. The van der Waals surface area contributed by atoms with Gasteiger partial charge >= 0.3 is 12.3 Å². The first kappa shape index (κ1) is 27.2. The van der Waals surface area contributed by atoms with Gasteiger partial charge in [0, 0.05) is 19.2 Å². The lowest BCUT2D eigenvalue weighted by molar-refractivity contribution is -0.141. The van der Waals surface area contributed by atoms with Crippen molar-refractivity contribution in [3.63, 3.8) is 0 Å². The van der Waals surface area contributed by atoms with Crippen LogP contribution in [0.4, 0.5) is 18.0 Å². The summed E-state index contributed by atoms with van der Waals surface area (Å²) in [6.45, 7) is -0.489. The van der Waals surface area contributed by atoms with Crippen molar-refractivity contribution < 1.29 is 35.9 Å². The molecule has 2 aliphatic carbocycles. The van der Waals surface area contributed by atoms with E-state index >= 15 is 0 Å². The first-order chi connectivity index (χ1) is 18.3. The molecule has 2 saturated carbocycles. The Morgan fingerprint density at radius 1 is 1.15 bits per heavy atom. The molecule has 39 heavy (non-hydrogen) atoms. The highest BCUT2D eigenvalue weighted by atomic mass is 35.5. The van der Waals surface area contributed by atoms with Gasteiger partial charge in [-0.2, -0.15) is 18.4 Å². The Kier molecular flexibility index (Phi) is 6.54. The van der Waals surface area contributed by atoms with Gasteiger partial charge in [0.2, 0.25) is 5.91 Å². The van der Waals surface area contributed by atoms with Gasteiger partial charge in [0.15, 0.2) is 16.1 Å². The number of nitrogens with one attached hydrogen (secondary N) is 1. The number of hydrogen-bond acceptors (Lipinski definition) is 7. The summed E-state index contributed by atoms with van der Waals surface area (Å²) in [5, 5.41) is 10.4. The number of alkyl halides is 3. The summed E-state index contributed by atoms with van der Waals surface area (Å²) >= 11 is 5.87. The Hall–Kier alpha value is -3.37. The van der Waals surface area contributed by atoms with Crippen molar-refractivity contribution in [1.29, 1.82) is 5.26 Å². The number of likely N-dealkylation sites (tertiary alicyclic amines) is 1. The van der Waals surface area contributed by atoms with E-state index in [-0.39, 0.29) is 5.15 Å². The number of benzene rings is 1. The molecule has 3 aliphatic rings. The lowest BCUT2D eigenvalue weighted by atomic mass is 9.96. The number of nitrogens with zero attached hydrogens (tertiary/aromatic N) is 3. The van der Waals surface area contributed by atoms with Crippen molar-refractivity contribution in [2.24, 2.45) is 0 Å². The molecule has 0 radical (unpaired) electrons. The topological polar surface area (TPSA) is 129 Å². The average Bonchev–Trinajstić information content (AvgIpc) is 3.81. The van der Waals surface area contributed by atoms with Gasteiger partial charge in [0.05, 0.1) is 27.2 Å². The normalized spacial score (nSPS) is 23.0. The molecule has 2 heterocycles. The number of aromatic nitrogens is 1. The second-order valence-corrected chi connectivity index (χ2v) is 12.6. The minimum Gasteiger partial charge on any atom is -0.425 e. The highest BCUT2D eigenvalue weighted by Gasteiger charge is 2.57. The molecule has 14 heteroatoms. The number of carbonyl (C=O) groups is 2. The second kappa shape index (κ2) is 9.38. The molecule has 5 rings (SSSR count). The predicted octanol–water partition coefficient (Wildman–Crippen LogP) is 3.97. The Bertz CT molecular complexity index is 1470. The standard InChI is InChI=1S/C25H22ClF3N4O5S/c26-19-6-5-15(12-31-19)24(9-10-24)21(34)33-13-16(11-20(33)38-22(35)32-23(14-30)7-8-23)39(36,37)18-4-2-1-3-17(18)25(27,28)29/h1-6,12,16,20H,7-11,13H2,(H,32,35)/t16-,20+/m1/s1. The number of rotatable bonds is 6. The maximum atomic E-state index is 13.8. The van der Waals surface area contributed by atoms with Crippen molar-refractivity contribution in [2.75, 3.05) is 6.54 Å². The molecule has 3 fully saturated rings. The summed E-state index contributed by atoms with van der Waals surface area (Å²) in [5.41, 5.74) is -2.92. The van der Waals surface area contributed by atoms with Gasteiger partial charge in [-0.05, 0) is 49.4 Å². The van der Waals surface area contributed by atoms with E-state index in [1.54, 1.807) is 6.07 Å². The third kappa shape index (κ3) is 5.03. The summed E-state index contributed by atoms with van der Waals surface area (Å²) in [7, 11) is -4.62. The molecule has 2 atom stereocenters. The largest absolute Gasteiger partial charge is 0.425 e. The van der Waals surface area contributed by atoms with Crippen LogP contribution in [0, 0.1) is 11.3 Å². The van der Waals surface area contributed by atoms with Crippen LogP contribution in [0.25, 0.3) is 0 Å². The third-order valence-electron chi connectivity index (χ3n) is 7.40. The van der Waals surface area contributed by atoms with Gasteiger partial charge in [0.1, 0.15) is 10.7 Å². The second-order valence-electron chi connectivity index (χ2n) is 9.98. The average molecular weight is 583 g/mol. The van der Waals surface area contributed by atoms with Gasteiger partial charge in [-0.15, -0.1) is 0 Å². The van der Waals surface area contributed by atoms with Crippen molar-refractivity contribution in [3.05, 3.63) is 58.9 Å². The zero-order valence-corrected chi connectivity index (χ0v) is 21.8. The van der Waals surface area contributed by atoms with Crippen molar-refractivity contribution in [3.8, 4) is 6.07 Å². The summed E-state index contributed by atoms with van der Waals surface area (Å²) < 4.78 is 73.4. The molecule has 1 aromatic heterocycles. The summed E-state index contributed by atoms with van der Waals surface area (Å²) in [6.07, 6.45) is -4.71. The molecule has 0 unspecified atom stereocenters. The number of carbonyl (C=O) groups excluding carboxylic acids is 2. The van der Waals surface area contributed by atoms with E-state index in [0.29, 0.717) is 37.3 Å². The fraction of sp³-hybridized carbons (Fsp3) is 0.440. The number of halogens is 4. The Morgan fingerprint density at radius 2 is 1.85 bits per heavy atom. The predicted molar refractivity (Wildman–Crippen MR) is 130 cm³/mol. The van der Waals surface area contributed by atoms with Crippen molar-refractivity contribution in [2.45, 2.75) is 65.6 Å². The molecule has 0 spiro atoms. The van der Waals surface area contributed by atoms with E-state index in [1.807, 2.05) is 6.07 Å². The molecule has 1 N–H and O–H groups in total. The molecular weight excluding hydrogens is 561 g/mol. The molecule has 2 amide bonds. The van der Waals surface area contributed by atoms with Crippen LogP contribution in [0.5, 0.6) is 0 Å². The zero-order chi connectivity index (χ0) is 28.2. The Balaban J connectivity index is 1.46. The highest BCUT2D eigenvalue weighted by Crippen LogP contribution is 2.51. The summed E-state index contributed by atoms with van der Waals surface area (Å²) in [4.78, 5) is 30.6. The van der Waals surface area contributed by atoms with Gasteiger partial charge in [-0.3, -0.25) is 4.79 Å². The maximum absolute atomic E-state index is 13.8. The van der Waals surface area contributed by atoms with Crippen LogP contribution < -0.4 is 5.32 Å². The van der Waals surface area contributed by atoms with Crippen LogP contribution in [-0.4, -0.2) is 53.9 Å². The highest BCUT2D eigenvalue weighted by molar-refractivity contribution is 7.92. The van der Waals surface area contributed by atoms with E-state index < -0.39 is 73.9 Å². The van der Waals surface area contributed by atoms with E-state index in [0.717, 1.165) is 17.0 Å². The number of hydrogen-bond donors (Lipinski definition) is 1. The van der Waals surface area contributed by atoms with E-state index in [9.17, 15) is 36.4 Å². The number of pyridine rings is 1. The summed E-state index contributed by atoms with van der Waals surface area (Å²) in [5.74, 6) is -0.535. The summed E-state index contributed by atoms with van der Waals surface area (Å²) in [6, 6.07) is 8.91. The molecule has 0 bridgehead atoms. The fourth-order valence-corrected chi connectivity index (χ4v) is 6.87. The minimum atomic E-state index is -4.93. The van der Waals surface area contributed by atoms with Gasteiger partial charge in [-0.1, -0.05) is 29.8 Å². The smallest absolute Gasteiger partial charge is 0.417 e. The molecule has 1 saturated heterocycles. The van der Waals surface area contributed by atoms with Crippen molar-refractivity contribution >= 4 is 33.4 Å². The van der Waals surface area contributed by atoms with Crippen LogP contribution in [0.1, 0.15) is 43.2 Å². The zero-order valence-electron chi connectivity index (χ0n) is 20.2. The van der Waals surface area contributed by atoms with Gasteiger partial charge < -0.3 is 15.0 Å². The third-order valence-corrected chi connectivity index (χ3v) is 9.81. The SMILES string of the molecule is N#CC1(NC(=O)O[C@H]2C[C@@H](S(=O)(=O)c3ccccc3C(F)(F)F)CN2C(=O)C2(c3ccc(Cl)nc3)CC2)CC1. The van der Waals surface area contributed by atoms with Crippen LogP contribution >= 0.6 is 11.6 Å². The molecule has 9 nitrogen and oxygen atoms in total. The van der Waals surface area contributed by atoms with Gasteiger partial charge in [0.25, 0.3) is 0 Å². The van der Waals surface area contributed by atoms with Crippen LogP contribution in [0.15, 0.2) is 47.5 Å². The number of sulfone groups is 1. The minimum absolute atomic E-state index is 0.210. The monoisotopic (exact) mass is 582 g/mol. The molecule has 1 aromatic carbocycles. The van der Waals surface area contributed by atoms with E-state index in [4.69, 9.17) is 16.3 Å². The fourth-order valence-electron chi connectivity index (χ4n) is 4.87. The van der Waals surface area contributed by atoms with E-state index in [2.05, 4.69) is 10.3 Å². The number of alkyl carbamates (subject to hydrolysis) is 1. The first-order valence-corrected chi connectivity index (χ1v) is 14.0.